The van der Waals surface area contributed by atoms with Gasteiger partial charge in [-0.1, -0.05) is 13.3 Å². The molecule has 0 radical (unpaired) electrons. The van der Waals surface area contributed by atoms with E-state index in [9.17, 15) is 9.59 Å². The Balaban J connectivity index is 3.31. The number of hydrogen-bond donors (Lipinski definition) is 0. The van der Waals surface area contributed by atoms with Crippen LogP contribution in [0.1, 0.15) is 19.8 Å². The van der Waals surface area contributed by atoms with Crippen LogP contribution < -0.4 is 0 Å². The van der Waals surface area contributed by atoms with E-state index >= 15 is 0 Å². The minimum atomic E-state index is -0.608. The van der Waals surface area contributed by atoms with Crippen molar-refractivity contribution in [2.45, 2.75) is 19.8 Å². The zero-order valence-corrected chi connectivity index (χ0v) is 5.92. The molecule has 3 nitrogen and oxygen atoms in total. The molecule has 56 valence electrons. The van der Waals surface area contributed by atoms with Crippen LogP contribution in [0.5, 0.6) is 0 Å². The minimum Gasteiger partial charge on any atom is -0.462 e. The molecular weight excluding hydrogens is 132 g/mol. The minimum absolute atomic E-state index is 0.382. The van der Waals surface area contributed by atoms with Crippen LogP contribution in [0.15, 0.2) is 6.08 Å². The Kier molecular flexibility index (Phi) is 5.39. The summed E-state index contributed by atoms with van der Waals surface area (Å²) < 4.78 is 4.57. The molecule has 0 aliphatic heterocycles. The number of unbranched alkanes of at least 4 members (excludes halogenated alkanes) is 1. The van der Waals surface area contributed by atoms with Gasteiger partial charge in [-0.15, -0.1) is 0 Å². The van der Waals surface area contributed by atoms with E-state index in [1.54, 1.807) is 0 Å². The summed E-state index contributed by atoms with van der Waals surface area (Å²) in [6, 6.07) is 0. The van der Waals surface area contributed by atoms with Gasteiger partial charge < -0.3 is 4.74 Å². The SMILES string of the molecule is CCCCOC(=O)C=C=O. The van der Waals surface area contributed by atoms with Crippen molar-refractivity contribution >= 4 is 11.9 Å². The van der Waals surface area contributed by atoms with Gasteiger partial charge in [0, 0.05) is 0 Å². The van der Waals surface area contributed by atoms with Crippen LogP contribution >= 0.6 is 0 Å². The van der Waals surface area contributed by atoms with Crippen LogP contribution in [0.3, 0.4) is 0 Å². The lowest BCUT2D eigenvalue weighted by Gasteiger charge is -1.96. The Morgan fingerprint density at radius 1 is 1.70 bits per heavy atom. The summed E-state index contributed by atoms with van der Waals surface area (Å²) >= 11 is 0. The fourth-order valence-electron chi connectivity index (χ4n) is 0.407. The standard InChI is InChI=1S/C7H10O3/c1-2-3-6-10-7(9)4-5-8/h4H,2-3,6H2,1H3. The lowest BCUT2D eigenvalue weighted by Crippen LogP contribution is -2.01. The van der Waals surface area contributed by atoms with Gasteiger partial charge in [0.25, 0.3) is 0 Å². The Hall–Kier alpha value is -1.08. The van der Waals surface area contributed by atoms with Crippen LogP contribution in [-0.4, -0.2) is 18.5 Å². The van der Waals surface area contributed by atoms with E-state index in [-0.39, 0.29) is 0 Å². The third kappa shape index (κ3) is 5.06. The Bertz CT molecular complexity index is 145. The van der Waals surface area contributed by atoms with E-state index in [0.717, 1.165) is 18.9 Å². The average molecular weight is 142 g/mol. The van der Waals surface area contributed by atoms with E-state index in [1.807, 2.05) is 6.92 Å². The molecule has 0 aliphatic rings. The zero-order chi connectivity index (χ0) is 7.82. The van der Waals surface area contributed by atoms with Crippen molar-refractivity contribution in [2.24, 2.45) is 0 Å². The molecule has 0 aliphatic carbocycles. The van der Waals surface area contributed by atoms with Gasteiger partial charge in [-0.3, -0.25) is 0 Å². The predicted molar refractivity (Wildman–Crippen MR) is 36.1 cm³/mol. The maximum atomic E-state index is 10.4. The topological polar surface area (TPSA) is 43.4 Å². The second-order valence-electron chi connectivity index (χ2n) is 1.78. The van der Waals surface area contributed by atoms with Gasteiger partial charge in [0.05, 0.1) is 6.61 Å². The monoisotopic (exact) mass is 142 g/mol. The molecular formula is C7H10O3. The molecule has 0 fully saturated rings. The van der Waals surface area contributed by atoms with E-state index in [0.29, 0.717) is 6.61 Å². The quantitative estimate of drug-likeness (QED) is 0.251. The van der Waals surface area contributed by atoms with Crippen LogP contribution in [0.25, 0.3) is 0 Å². The Morgan fingerprint density at radius 2 is 2.40 bits per heavy atom. The highest BCUT2D eigenvalue weighted by Gasteiger charge is 1.93. The third-order valence-electron chi connectivity index (χ3n) is 0.919. The molecule has 0 aromatic carbocycles. The third-order valence-corrected chi connectivity index (χ3v) is 0.919. The second-order valence-corrected chi connectivity index (χ2v) is 1.78. The van der Waals surface area contributed by atoms with Crippen LogP contribution in [0.4, 0.5) is 0 Å². The average Bonchev–Trinajstić information content (AvgIpc) is 1.89. The summed E-state index contributed by atoms with van der Waals surface area (Å²) in [4.78, 5) is 19.9. The van der Waals surface area contributed by atoms with Gasteiger partial charge in [-0.25, -0.2) is 9.59 Å². The fraction of sp³-hybridized carbons (Fsp3) is 0.571. The maximum Gasteiger partial charge on any atom is 0.341 e. The zero-order valence-electron chi connectivity index (χ0n) is 5.92. The number of carbonyl (C=O) groups is 1. The van der Waals surface area contributed by atoms with Gasteiger partial charge in [-0.2, -0.15) is 0 Å². The van der Waals surface area contributed by atoms with Crippen molar-refractivity contribution in [1.29, 1.82) is 0 Å². The molecule has 0 unspecified atom stereocenters. The Labute approximate surface area is 59.7 Å². The molecule has 0 bridgehead atoms. The molecule has 0 heterocycles. The highest BCUT2D eigenvalue weighted by atomic mass is 16.5. The fourth-order valence-corrected chi connectivity index (χ4v) is 0.407. The number of carbonyl (C=O) groups excluding carboxylic acids is 2. The molecule has 3 heteroatoms. The summed E-state index contributed by atoms with van der Waals surface area (Å²) in [5.74, 6) is 0.737. The van der Waals surface area contributed by atoms with E-state index in [2.05, 4.69) is 4.74 Å². The van der Waals surface area contributed by atoms with Gasteiger partial charge in [0.2, 0.25) is 0 Å². The van der Waals surface area contributed by atoms with Crippen molar-refractivity contribution in [3.63, 3.8) is 0 Å². The Morgan fingerprint density at radius 3 is 2.90 bits per heavy atom. The van der Waals surface area contributed by atoms with E-state index in [1.165, 1.54) is 5.94 Å². The summed E-state index contributed by atoms with van der Waals surface area (Å²) in [6.45, 7) is 2.37. The molecule has 0 amide bonds. The predicted octanol–water partition coefficient (Wildman–Crippen LogP) is 0.718. The van der Waals surface area contributed by atoms with Crippen LogP contribution in [0, 0.1) is 0 Å². The summed E-state index contributed by atoms with van der Waals surface area (Å²) in [7, 11) is 0. The summed E-state index contributed by atoms with van der Waals surface area (Å²) in [6.07, 6.45) is 2.55. The maximum absolute atomic E-state index is 10.4. The van der Waals surface area contributed by atoms with E-state index < -0.39 is 5.97 Å². The van der Waals surface area contributed by atoms with Crippen molar-refractivity contribution in [1.82, 2.24) is 0 Å². The molecule has 0 atom stereocenters. The molecule has 0 saturated heterocycles. The lowest BCUT2D eigenvalue weighted by molar-refractivity contribution is -0.137. The van der Waals surface area contributed by atoms with Crippen LogP contribution in [-0.2, 0) is 14.3 Å². The first-order valence-electron chi connectivity index (χ1n) is 3.19. The number of ether oxygens (including phenoxy) is 1. The molecule has 0 aromatic rings. The summed E-state index contributed by atoms with van der Waals surface area (Å²) in [5, 5.41) is 0. The smallest absolute Gasteiger partial charge is 0.341 e. The molecule has 10 heavy (non-hydrogen) atoms. The molecule has 0 N–H and O–H groups in total. The molecule has 0 rings (SSSR count). The second kappa shape index (κ2) is 6.05. The van der Waals surface area contributed by atoms with Gasteiger partial charge >= 0.3 is 5.97 Å². The van der Waals surface area contributed by atoms with Gasteiger partial charge in [0.15, 0.2) is 0 Å². The van der Waals surface area contributed by atoms with Crippen molar-refractivity contribution < 1.29 is 14.3 Å². The largest absolute Gasteiger partial charge is 0.462 e. The van der Waals surface area contributed by atoms with Crippen LogP contribution in [0.2, 0.25) is 0 Å². The van der Waals surface area contributed by atoms with Gasteiger partial charge in [-0.05, 0) is 6.42 Å². The molecule has 0 aromatic heterocycles. The number of hydrogen-bond acceptors (Lipinski definition) is 3. The first-order valence-corrected chi connectivity index (χ1v) is 3.19. The number of esters is 1. The van der Waals surface area contributed by atoms with E-state index in [4.69, 9.17) is 0 Å². The van der Waals surface area contributed by atoms with Crippen molar-refractivity contribution in [2.75, 3.05) is 6.61 Å². The molecule has 0 spiro atoms. The summed E-state index contributed by atoms with van der Waals surface area (Å²) in [5.41, 5.74) is 0. The van der Waals surface area contributed by atoms with Crippen molar-refractivity contribution in [3.05, 3.63) is 6.08 Å². The normalized spacial score (nSPS) is 8.10. The number of rotatable bonds is 4. The first kappa shape index (κ1) is 8.92. The van der Waals surface area contributed by atoms with Gasteiger partial charge in [0.1, 0.15) is 12.0 Å². The highest BCUT2D eigenvalue weighted by Crippen LogP contribution is 1.87. The first-order chi connectivity index (χ1) is 4.81. The lowest BCUT2D eigenvalue weighted by atomic mass is 10.4. The molecule has 0 saturated carbocycles. The highest BCUT2D eigenvalue weighted by molar-refractivity contribution is 5.89. The van der Waals surface area contributed by atoms with Crippen molar-refractivity contribution in [3.8, 4) is 0 Å².